The summed E-state index contributed by atoms with van der Waals surface area (Å²) < 4.78 is 0. The Morgan fingerprint density at radius 2 is 1.94 bits per heavy atom. The summed E-state index contributed by atoms with van der Waals surface area (Å²) in [6.07, 6.45) is 2.17. The molecular formula is C26H25N3O2. The second-order valence-corrected chi connectivity index (χ2v) is 8.44. The van der Waals surface area contributed by atoms with Gasteiger partial charge in [-0.25, -0.2) is 0 Å². The van der Waals surface area contributed by atoms with Gasteiger partial charge in [0.1, 0.15) is 0 Å². The van der Waals surface area contributed by atoms with Crippen LogP contribution in [0, 0.1) is 13.8 Å². The Labute approximate surface area is 182 Å². The standard InChI is InChI=1S/C26H25N3O2/c1-16-4-3-5-18(8-16)24(15-30)29-14-22-11-23-21(10-20(22)12-25(29)31)13-28-26(23)19-6-7-27-17(2)9-19/h3-11,24,30H,12-15H2,1-2H3/t24-/m1/s1. The van der Waals surface area contributed by atoms with Gasteiger partial charge in [0.2, 0.25) is 5.91 Å². The number of aliphatic hydroxyl groups excluding tert-OH is 1. The average molecular weight is 412 g/mol. The third-order valence-corrected chi connectivity index (χ3v) is 6.24. The molecule has 0 saturated carbocycles. The fourth-order valence-corrected chi connectivity index (χ4v) is 4.67. The van der Waals surface area contributed by atoms with E-state index in [-0.39, 0.29) is 18.6 Å². The number of aliphatic hydroxyl groups is 1. The Morgan fingerprint density at radius 1 is 1.06 bits per heavy atom. The number of aromatic nitrogens is 1. The summed E-state index contributed by atoms with van der Waals surface area (Å²) in [4.78, 5) is 23.9. The molecule has 5 nitrogen and oxygen atoms in total. The number of aryl methyl sites for hydroxylation is 2. The first kappa shape index (κ1) is 19.6. The molecule has 0 fully saturated rings. The molecule has 2 aromatic carbocycles. The molecule has 0 unspecified atom stereocenters. The Morgan fingerprint density at radius 3 is 2.71 bits per heavy atom. The minimum Gasteiger partial charge on any atom is -0.394 e. The Balaban J connectivity index is 1.50. The van der Waals surface area contributed by atoms with E-state index in [2.05, 4.69) is 23.2 Å². The summed E-state index contributed by atoms with van der Waals surface area (Å²) in [6, 6.07) is 16.1. The highest BCUT2D eigenvalue weighted by Gasteiger charge is 2.31. The lowest BCUT2D eigenvalue weighted by molar-refractivity contribution is -0.135. The van der Waals surface area contributed by atoms with E-state index in [1.807, 2.05) is 55.3 Å². The van der Waals surface area contributed by atoms with Crippen LogP contribution in [0.1, 0.15) is 50.7 Å². The molecular weight excluding hydrogens is 386 g/mol. The first-order valence-corrected chi connectivity index (χ1v) is 10.6. The summed E-state index contributed by atoms with van der Waals surface area (Å²) in [6.45, 7) is 5.04. The van der Waals surface area contributed by atoms with Gasteiger partial charge >= 0.3 is 0 Å². The number of pyridine rings is 1. The predicted octanol–water partition coefficient (Wildman–Crippen LogP) is 3.67. The van der Waals surface area contributed by atoms with E-state index < -0.39 is 0 Å². The predicted molar refractivity (Wildman–Crippen MR) is 120 cm³/mol. The fourth-order valence-electron chi connectivity index (χ4n) is 4.67. The van der Waals surface area contributed by atoms with Gasteiger partial charge in [0.05, 0.1) is 31.3 Å². The van der Waals surface area contributed by atoms with Crippen LogP contribution in [0.15, 0.2) is 59.7 Å². The van der Waals surface area contributed by atoms with Gasteiger partial charge in [0.25, 0.3) is 0 Å². The molecule has 5 heteroatoms. The van der Waals surface area contributed by atoms with E-state index in [4.69, 9.17) is 4.99 Å². The monoisotopic (exact) mass is 411 g/mol. The van der Waals surface area contributed by atoms with E-state index in [0.717, 1.165) is 44.8 Å². The second-order valence-electron chi connectivity index (χ2n) is 8.44. The smallest absolute Gasteiger partial charge is 0.227 e. The number of aliphatic imine (C=N–C) groups is 1. The van der Waals surface area contributed by atoms with Gasteiger partial charge in [0, 0.05) is 29.6 Å². The molecule has 0 radical (unpaired) electrons. The van der Waals surface area contributed by atoms with Crippen LogP contribution in [0.5, 0.6) is 0 Å². The molecule has 2 aliphatic heterocycles. The molecule has 31 heavy (non-hydrogen) atoms. The summed E-state index contributed by atoms with van der Waals surface area (Å²) in [5, 5.41) is 10.1. The van der Waals surface area contributed by atoms with E-state index in [9.17, 15) is 9.90 Å². The van der Waals surface area contributed by atoms with E-state index in [1.165, 1.54) is 5.56 Å². The molecule has 0 bridgehead atoms. The second kappa shape index (κ2) is 7.75. The number of hydrogen-bond donors (Lipinski definition) is 1. The molecule has 0 spiro atoms. The molecule has 1 atom stereocenters. The lowest BCUT2D eigenvalue weighted by Gasteiger charge is -2.35. The van der Waals surface area contributed by atoms with Gasteiger partial charge in [-0.3, -0.25) is 14.8 Å². The number of amides is 1. The lowest BCUT2D eigenvalue weighted by atomic mass is 9.90. The molecule has 1 amide bonds. The fraction of sp³-hybridized carbons (Fsp3) is 0.269. The molecule has 0 aliphatic carbocycles. The molecule has 156 valence electrons. The van der Waals surface area contributed by atoms with Crippen LogP contribution in [0.25, 0.3) is 0 Å². The average Bonchev–Trinajstić information content (AvgIpc) is 3.16. The molecule has 5 rings (SSSR count). The zero-order valence-electron chi connectivity index (χ0n) is 17.8. The van der Waals surface area contributed by atoms with Crippen molar-refractivity contribution in [1.29, 1.82) is 0 Å². The van der Waals surface area contributed by atoms with Crippen molar-refractivity contribution in [3.8, 4) is 0 Å². The Kier molecular flexibility index (Phi) is 4.91. The third kappa shape index (κ3) is 3.55. The molecule has 3 heterocycles. The van der Waals surface area contributed by atoms with Gasteiger partial charge in [-0.05, 0) is 54.3 Å². The highest BCUT2D eigenvalue weighted by Crippen LogP contribution is 2.33. The van der Waals surface area contributed by atoms with Crippen molar-refractivity contribution in [2.45, 2.75) is 39.4 Å². The maximum atomic E-state index is 13.0. The molecule has 0 saturated heterocycles. The summed E-state index contributed by atoms with van der Waals surface area (Å²) in [5.74, 6) is 0.0527. The largest absolute Gasteiger partial charge is 0.394 e. The zero-order valence-corrected chi connectivity index (χ0v) is 17.8. The topological polar surface area (TPSA) is 65.8 Å². The Bertz CT molecular complexity index is 1220. The highest BCUT2D eigenvalue weighted by atomic mass is 16.3. The minimum atomic E-state index is -0.343. The molecule has 1 aromatic heterocycles. The molecule has 2 aliphatic rings. The van der Waals surface area contributed by atoms with Gasteiger partial charge in [-0.2, -0.15) is 0 Å². The van der Waals surface area contributed by atoms with E-state index in [0.29, 0.717) is 19.5 Å². The zero-order chi connectivity index (χ0) is 21.5. The Hall–Kier alpha value is -3.31. The van der Waals surface area contributed by atoms with Crippen LogP contribution < -0.4 is 0 Å². The first-order chi connectivity index (χ1) is 15.0. The molecule has 3 aromatic rings. The van der Waals surface area contributed by atoms with Crippen LogP contribution in [-0.4, -0.2) is 33.2 Å². The number of rotatable bonds is 4. The maximum absolute atomic E-state index is 13.0. The summed E-state index contributed by atoms with van der Waals surface area (Å²) in [5.41, 5.74) is 9.62. The van der Waals surface area contributed by atoms with Gasteiger partial charge < -0.3 is 10.0 Å². The summed E-state index contributed by atoms with van der Waals surface area (Å²) >= 11 is 0. The van der Waals surface area contributed by atoms with E-state index >= 15 is 0 Å². The van der Waals surface area contributed by atoms with Gasteiger partial charge in [-0.15, -0.1) is 0 Å². The quantitative estimate of drug-likeness (QED) is 0.712. The normalized spacial score (nSPS) is 16.0. The van der Waals surface area contributed by atoms with Crippen LogP contribution in [0.2, 0.25) is 0 Å². The first-order valence-electron chi connectivity index (χ1n) is 10.6. The van der Waals surface area contributed by atoms with Crippen molar-refractivity contribution < 1.29 is 9.90 Å². The highest BCUT2D eigenvalue weighted by molar-refractivity contribution is 6.15. The number of fused-ring (bicyclic) bond motifs is 2. The summed E-state index contributed by atoms with van der Waals surface area (Å²) in [7, 11) is 0. The van der Waals surface area contributed by atoms with E-state index in [1.54, 1.807) is 0 Å². The van der Waals surface area contributed by atoms with Gasteiger partial charge in [-0.1, -0.05) is 35.9 Å². The number of carbonyl (C=O) groups is 1. The van der Waals surface area contributed by atoms with Crippen LogP contribution >= 0.6 is 0 Å². The van der Waals surface area contributed by atoms with Crippen molar-refractivity contribution >= 4 is 11.6 Å². The molecule has 1 N–H and O–H groups in total. The van der Waals surface area contributed by atoms with Crippen molar-refractivity contribution in [1.82, 2.24) is 9.88 Å². The number of hydrogen-bond acceptors (Lipinski definition) is 4. The maximum Gasteiger partial charge on any atom is 0.227 e. The van der Waals surface area contributed by atoms with Crippen molar-refractivity contribution in [2.75, 3.05) is 6.61 Å². The van der Waals surface area contributed by atoms with Gasteiger partial charge in [0.15, 0.2) is 0 Å². The van der Waals surface area contributed by atoms with Crippen molar-refractivity contribution in [2.24, 2.45) is 4.99 Å². The van der Waals surface area contributed by atoms with Crippen LogP contribution in [0.4, 0.5) is 0 Å². The van der Waals surface area contributed by atoms with Crippen LogP contribution in [0.3, 0.4) is 0 Å². The van der Waals surface area contributed by atoms with Crippen LogP contribution in [-0.2, 0) is 24.3 Å². The lowest BCUT2D eigenvalue weighted by Crippen LogP contribution is -2.40. The van der Waals surface area contributed by atoms with Crippen molar-refractivity contribution in [3.05, 3.63) is 99.4 Å². The third-order valence-electron chi connectivity index (χ3n) is 6.24. The number of benzene rings is 2. The number of carbonyl (C=O) groups excluding carboxylic acids is 1. The SMILES string of the molecule is Cc1cccc([C@@H](CO)N2Cc3cc4c(cc3CC2=O)CN=C4c2ccnc(C)c2)c1. The number of nitrogens with zero attached hydrogens (tertiary/aromatic N) is 3. The van der Waals surface area contributed by atoms with Crippen molar-refractivity contribution in [3.63, 3.8) is 0 Å². The minimum absolute atomic E-state index is 0.0527.